The largest absolute Gasteiger partial charge is 0.442 e. The van der Waals surface area contributed by atoms with Crippen LogP contribution in [0.5, 0.6) is 0 Å². The summed E-state index contributed by atoms with van der Waals surface area (Å²) in [5, 5.41) is 0. The highest BCUT2D eigenvalue weighted by molar-refractivity contribution is 5.88. The third-order valence-electron chi connectivity index (χ3n) is 1.40. The highest BCUT2D eigenvalue weighted by Gasteiger charge is 2.14. The van der Waals surface area contributed by atoms with Crippen LogP contribution < -0.4 is 0 Å². The Morgan fingerprint density at radius 3 is 2.80 bits per heavy atom. The topological polar surface area (TPSA) is 51.5 Å². The number of ether oxygens (including phenoxy) is 1. The summed E-state index contributed by atoms with van der Waals surface area (Å²) >= 11 is 0. The minimum atomic E-state index is -0.591. The Hall–Kier alpha value is -1.71. The summed E-state index contributed by atoms with van der Waals surface area (Å²) in [7, 11) is 0. The molecule has 0 aromatic carbocycles. The number of hydrogen-bond donors (Lipinski definition) is 0. The van der Waals surface area contributed by atoms with Gasteiger partial charge in [0.1, 0.15) is 5.60 Å². The lowest BCUT2D eigenvalue weighted by Crippen LogP contribution is -2.21. The smallest absolute Gasteiger partial charge is 0.434 e. The van der Waals surface area contributed by atoms with Crippen molar-refractivity contribution in [3.63, 3.8) is 0 Å². The monoisotopic (exact) mass is 206 g/mol. The van der Waals surface area contributed by atoms with Gasteiger partial charge in [-0.05, 0) is 26.8 Å². The third-order valence-corrected chi connectivity index (χ3v) is 1.40. The molecule has 0 atom stereocenters. The second kappa shape index (κ2) is 4.68. The Morgan fingerprint density at radius 1 is 1.53 bits per heavy atom. The van der Waals surface area contributed by atoms with E-state index in [4.69, 9.17) is 4.74 Å². The first-order valence-corrected chi connectivity index (χ1v) is 4.64. The fourth-order valence-electron chi connectivity index (χ4n) is 0.868. The zero-order valence-electron chi connectivity index (χ0n) is 9.10. The summed E-state index contributed by atoms with van der Waals surface area (Å²) in [4.78, 5) is 18.7. The van der Waals surface area contributed by atoms with Gasteiger partial charge in [-0.1, -0.05) is 6.07 Å². The highest BCUT2D eigenvalue weighted by Crippen LogP contribution is 2.07. The first-order valence-electron chi connectivity index (χ1n) is 4.64. The lowest BCUT2D eigenvalue weighted by molar-refractivity contribution is 0.0605. The first-order chi connectivity index (χ1) is 6.97. The minimum absolute atomic E-state index is 0.511. The number of hydrogen-bond acceptors (Lipinski definition) is 3. The van der Waals surface area contributed by atoms with Gasteiger partial charge < -0.3 is 4.74 Å². The third kappa shape index (κ3) is 4.90. The number of carbonyl (C=O) groups excluding carboxylic acids is 1. The van der Waals surface area contributed by atoms with E-state index in [1.807, 2.05) is 0 Å². The number of rotatable bonds is 1. The number of nitrogens with zero attached hydrogens (tertiary/aromatic N) is 2. The predicted octanol–water partition coefficient (Wildman–Crippen LogP) is 2.44. The molecule has 4 heteroatoms. The van der Waals surface area contributed by atoms with E-state index in [1.165, 1.54) is 6.21 Å². The molecule has 0 saturated heterocycles. The summed E-state index contributed by atoms with van der Waals surface area (Å²) < 4.78 is 5.00. The average molecular weight is 206 g/mol. The van der Waals surface area contributed by atoms with E-state index < -0.39 is 11.7 Å². The quantitative estimate of drug-likeness (QED) is 0.663. The molecule has 1 aromatic heterocycles. The molecule has 0 aliphatic carbocycles. The zero-order valence-corrected chi connectivity index (χ0v) is 9.10. The molecule has 0 saturated carbocycles. The molecule has 1 heterocycles. The molecule has 1 rings (SSSR count). The van der Waals surface area contributed by atoms with Crippen LogP contribution in [-0.2, 0) is 4.74 Å². The molecule has 0 unspecified atom stereocenters. The van der Waals surface area contributed by atoms with E-state index in [1.54, 1.807) is 45.3 Å². The molecule has 0 aliphatic heterocycles. The van der Waals surface area contributed by atoms with E-state index in [0.717, 1.165) is 5.56 Å². The van der Waals surface area contributed by atoms with E-state index >= 15 is 0 Å². The van der Waals surface area contributed by atoms with Crippen LogP contribution in [0.2, 0.25) is 0 Å². The van der Waals surface area contributed by atoms with Gasteiger partial charge in [-0.25, -0.2) is 4.79 Å². The van der Waals surface area contributed by atoms with Crippen LogP contribution in [0.15, 0.2) is 29.5 Å². The summed E-state index contributed by atoms with van der Waals surface area (Å²) in [6.07, 6.45) is 4.12. The van der Waals surface area contributed by atoms with Crippen molar-refractivity contribution in [2.75, 3.05) is 0 Å². The van der Waals surface area contributed by atoms with E-state index in [-0.39, 0.29) is 0 Å². The zero-order chi connectivity index (χ0) is 11.3. The van der Waals surface area contributed by atoms with Gasteiger partial charge in [0, 0.05) is 24.2 Å². The standard InChI is InChI=1S/C11H14N2O2/c1-11(2,3)15-10(14)13-8-9-5-4-6-12-7-9/h4-8H,1-3H3. The number of amides is 1. The molecule has 15 heavy (non-hydrogen) atoms. The van der Waals surface area contributed by atoms with Crippen LogP contribution in [0.3, 0.4) is 0 Å². The number of pyridine rings is 1. The van der Waals surface area contributed by atoms with Gasteiger partial charge in [0.05, 0.1) is 0 Å². The minimum Gasteiger partial charge on any atom is -0.442 e. The fraction of sp³-hybridized carbons (Fsp3) is 0.364. The van der Waals surface area contributed by atoms with Gasteiger partial charge in [-0.3, -0.25) is 4.98 Å². The highest BCUT2D eigenvalue weighted by atomic mass is 16.6. The number of carbonyl (C=O) groups is 1. The second-order valence-corrected chi connectivity index (χ2v) is 4.02. The van der Waals surface area contributed by atoms with Crippen LogP contribution in [-0.4, -0.2) is 22.9 Å². The molecule has 0 spiro atoms. The van der Waals surface area contributed by atoms with Gasteiger partial charge in [-0.15, -0.1) is 0 Å². The van der Waals surface area contributed by atoms with Gasteiger partial charge in [0.2, 0.25) is 0 Å². The molecule has 0 fully saturated rings. The Kier molecular flexibility index (Phi) is 3.55. The molecular formula is C11H14N2O2. The summed E-state index contributed by atoms with van der Waals surface area (Å²) in [6, 6.07) is 3.58. The van der Waals surface area contributed by atoms with Crippen LogP contribution in [0, 0.1) is 0 Å². The summed E-state index contributed by atoms with van der Waals surface area (Å²) in [5.41, 5.74) is 0.256. The molecule has 0 bridgehead atoms. The van der Waals surface area contributed by atoms with Crippen molar-refractivity contribution in [1.82, 2.24) is 4.98 Å². The maximum Gasteiger partial charge on any atom is 0.434 e. The van der Waals surface area contributed by atoms with Crippen molar-refractivity contribution in [3.05, 3.63) is 30.1 Å². The molecule has 0 N–H and O–H groups in total. The van der Waals surface area contributed by atoms with Crippen molar-refractivity contribution in [1.29, 1.82) is 0 Å². The summed E-state index contributed by atoms with van der Waals surface area (Å²) in [6.45, 7) is 5.39. The van der Waals surface area contributed by atoms with Crippen molar-refractivity contribution in [3.8, 4) is 0 Å². The van der Waals surface area contributed by atoms with Gasteiger partial charge in [0.25, 0.3) is 0 Å². The maximum absolute atomic E-state index is 11.2. The SMILES string of the molecule is CC(C)(C)OC(=O)N=Cc1cccnc1. The Morgan fingerprint density at radius 2 is 2.27 bits per heavy atom. The van der Waals surface area contributed by atoms with Crippen molar-refractivity contribution in [2.24, 2.45) is 4.99 Å². The van der Waals surface area contributed by atoms with E-state index in [9.17, 15) is 4.79 Å². The average Bonchev–Trinajstić information content (AvgIpc) is 2.14. The molecule has 0 radical (unpaired) electrons. The molecule has 1 amide bonds. The maximum atomic E-state index is 11.2. The fourth-order valence-corrected chi connectivity index (χ4v) is 0.868. The van der Waals surface area contributed by atoms with Gasteiger partial charge >= 0.3 is 6.09 Å². The normalized spacial score (nSPS) is 11.7. The Labute approximate surface area is 89.0 Å². The number of aromatic nitrogens is 1. The first kappa shape index (κ1) is 11.4. The van der Waals surface area contributed by atoms with Gasteiger partial charge in [0.15, 0.2) is 0 Å². The van der Waals surface area contributed by atoms with E-state index in [0.29, 0.717) is 0 Å². The van der Waals surface area contributed by atoms with Crippen LogP contribution in [0.25, 0.3) is 0 Å². The van der Waals surface area contributed by atoms with Crippen molar-refractivity contribution in [2.45, 2.75) is 26.4 Å². The van der Waals surface area contributed by atoms with E-state index in [2.05, 4.69) is 9.98 Å². The molecule has 80 valence electrons. The van der Waals surface area contributed by atoms with Crippen LogP contribution in [0.1, 0.15) is 26.3 Å². The number of aliphatic imine (C=N–C) groups is 1. The van der Waals surface area contributed by atoms with Gasteiger partial charge in [-0.2, -0.15) is 4.99 Å². The molecule has 4 nitrogen and oxygen atoms in total. The second-order valence-electron chi connectivity index (χ2n) is 4.02. The summed E-state index contributed by atoms with van der Waals surface area (Å²) in [5.74, 6) is 0. The van der Waals surface area contributed by atoms with Crippen LogP contribution in [0.4, 0.5) is 4.79 Å². The van der Waals surface area contributed by atoms with Crippen molar-refractivity contribution < 1.29 is 9.53 Å². The Balaban J connectivity index is 2.56. The van der Waals surface area contributed by atoms with Crippen molar-refractivity contribution >= 4 is 12.3 Å². The lowest BCUT2D eigenvalue weighted by Gasteiger charge is -2.16. The molecule has 0 aliphatic rings. The predicted molar refractivity (Wildman–Crippen MR) is 58.1 cm³/mol. The molecular weight excluding hydrogens is 192 g/mol. The Bertz CT molecular complexity index is 353. The molecule has 1 aromatic rings. The lowest BCUT2D eigenvalue weighted by atomic mass is 10.2. The van der Waals surface area contributed by atoms with Crippen LogP contribution >= 0.6 is 0 Å².